The second kappa shape index (κ2) is 11.3. The first-order chi connectivity index (χ1) is 11.3. The fraction of sp³-hybridized carbons (Fsp3) is 0.905. The molecule has 0 saturated heterocycles. The van der Waals surface area contributed by atoms with Gasteiger partial charge in [0.2, 0.25) is 0 Å². The molecule has 0 N–H and O–H groups in total. The van der Waals surface area contributed by atoms with Crippen molar-refractivity contribution in [2.75, 3.05) is 26.4 Å². The van der Waals surface area contributed by atoms with E-state index in [-0.39, 0.29) is 0 Å². The standard InChI is InChI=1S/C21H38O2/c1-3-15-23-17-21-13-9-19(10-14-21)6-5-18-7-11-20(12-8-18)16-22-4-2/h3,18-21H,1,4-17H2,2H3/t18-,19?,20-,21?. The van der Waals surface area contributed by atoms with Crippen LogP contribution in [0.4, 0.5) is 0 Å². The topological polar surface area (TPSA) is 18.5 Å². The lowest BCUT2D eigenvalue weighted by Gasteiger charge is -2.31. The van der Waals surface area contributed by atoms with Crippen LogP contribution in [-0.4, -0.2) is 26.4 Å². The van der Waals surface area contributed by atoms with Crippen LogP contribution < -0.4 is 0 Å². The van der Waals surface area contributed by atoms with E-state index in [0.717, 1.165) is 43.5 Å². The summed E-state index contributed by atoms with van der Waals surface area (Å²) in [4.78, 5) is 0. The third-order valence-electron chi connectivity index (χ3n) is 6.06. The molecular weight excluding hydrogens is 284 g/mol. The van der Waals surface area contributed by atoms with Gasteiger partial charge in [0, 0.05) is 19.8 Å². The minimum atomic E-state index is 0.714. The minimum absolute atomic E-state index is 0.714. The van der Waals surface area contributed by atoms with Gasteiger partial charge in [-0.2, -0.15) is 0 Å². The Balaban J connectivity index is 1.51. The zero-order valence-electron chi connectivity index (χ0n) is 15.3. The van der Waals surface area contributed by atoms with Crippen LogP contribution in [0.5, 0.6) is 0 Å². The first kappa shape index (κ1) is 19.0. The Kier molecular flexibility index (Phi) is 9.29. The summed E-state index contributed by atoms with van der Waals surface area (Å²) in [5, 5.41) is 0. The van der Waals surface area contributed by atoms with E-state index in [1.807, 2.05) is 6.08 Å². The van der Waals surface area contributed by atoms with Crippen molar-refractivity contribution in [1.82, 2.24) is 0 Å². The van der Waals surface area contributed by atoms with Crippen molar-refractivity contribution in [2.24, 2.45) is 23.7 Å². The predicted molar refractivity (Wildman–Crippen MR) is 97.6 cm³/mol. The van der Waals surface area contributed by atoms with Gasteiger partial charge in [-0.05, 0) is 56.3 Å². The van der Waals surface area contributed by atoms with Gasteiger partial charge < -0.3 is 9.47 Å². The molecule has 0 heterocycles. The monoisotopic (exact) mass is 322 g/mol. The average molecular weight is 323 g/mol. The molecule has 0 aromatic heterocycles. The first-order valence-electron chi connectivity index (χ1n) is 10.1. The highest BCUT2D eigenvalue weighted by Crippen LogP contribution is 2.36. The van der Waals surface area contributed by atoms with Crippen LogP contribution in [0.3, 0.4) is 0 Å². The maximum absolute atomic E-state index is 5.62. The fourth-order valence-corrected chi connectivity index (χ4v) is 4.45. The van der Waals surface area contributed by atoms with Gasteiger partial charge in [-0.3, -0.25) is 0 Å². The Bertz CT molecular complexity index is 299. The zero-order valence-corrected chi connectivity index (χ0v) is 15.3. The molecule has 23 heavy (non-hydrogen) atoms. The van der Waals surface area contributed by atoms with Gasteiger partial charge in [-0.25, -0.2) is 0 Å². The van der Waals surface area contributed by atoms with E-state index in [1.165, 1.54) is 64.2 Å². The molecule has 0 aromatic rings. The molecule has 0 spiro atoms. The lowest BCUT2D eigenvalue weighted by atomic mass is 9.76. The molecule has 0 amide bonds. The van der Waals surface area contributed by atoms with Crippen LogP contribution in [0.15, 0.2) is 12.7 Å². The Morgan fingerprint density at radius 1 is 0.739 bits per heavy atom. The molecule has 0 atom stereocenters. The summed E-state index contributed by atoms with van der Waals surface area (Å²) in [6.45, 7) is 9.35. The number of hydrogen-bond acceptors (Lipinski definition) is 2. The molecule has 2 heteroatoms. The van der Waals surface area contributed by atoms with E-state index in [4.69, 9.17) is 9.47 Å². The number of hydrogen-bond donors (Lipinski definition) is 0. The molecule has 2 rings (SSSR count). The van der Waals surface area contributed by atoms with Crippen molar-refractivity contribution in [1.29, 1.82) is 0 Å². The van der Waals surface area contributed by atoms with Crippen LogP contribution in [0.2, 0.25) is 0 Å². The number of rotatable bonds is 10. The number of ether oxygens (including phenoxy) is 2. The first-order valence-corrected chi connectivity index (χ1v) is 10.1. The Labute approximate surface area is 144 Å². The summed E-state index contributed by atoms with van der Waals surface area (Å²) in [6, 6.07) is 0. The molecule has 0 aromatic carbocycles. The Morgan fingerprint density at radius 2 is 1.17 bits per heavy atom. The average Bonchev–Trinajstić information content (AvgIpc) is 2.60. The van der Waals surface area contributed by atoms with Gasteiger partial charge in [0.1, 0.15) is 0 Å². The van der Waals surface area contributed by atoms with E-state index in [2.05, 4.69) is 13.5 Å². The van der Waals surface area contributed by atoms with E-state index >= 15 is 0 Å². The normalized spacial score (nSPS) is 31.9. The largest absolute Gasteiger partial charge is 0.381 e. The molecule has 134 valence electrons. The molecule has 0 radical (unpaired) electrons. The molecule has 2 saturated carbocycles. The van der Waals surface area contributed by atoms with E-state index in [0.29, 0.717) is 6.61 Å². The van der Waals surface area contributed by atoms with Crippen LogP contribution in [-0.2, 0) is 9.47 Å². The maximum atomic E-state index is 5.62. The van der Waals surface area contributed by atoms with Gasteiger partial charge in [-0.1, -0.05) is 44.6 Å². The molecule has 0 aliphatic heterocycles. The second-order valence-electron chi connectivity index (χ2n) is 7.84. The van der Waals surface area contributed by atoms with Crippen molar-refractivity contribution < 1.29 is 9.47 Å². The lowest BCUT2D eigenvalue weighted by Crippen LogP contribution is -2.21. The van der Waals surface area contributed by atoms with Gasteiger partial charge in [0.05, 0.1) is 6.61 Å². The Morgan fingerprint density at radius 3 is 1.61 bits per heavy atom. The molecular formula is C21H38O2. The predicted octanol–water partition coefficient (Wildman–Crippen LogP) is 5.62. The van der Waals surface area contributed by atoms with Crippen LogP contribution in [0.1, 0.15) is 71.1 Å². The van der Waals surface area contributed by atoms with Crippen molar-refractivity contribution >= 4 is 0 Å². The van der Waals surface area contributed by atoms with Crippen LogP contribution >= 0.6 is 0 Å². The highest BCUT2D eigenvalue weighted by molar-refractivity contribution is 4.77. The highest BCUT2D eigenvalue weighted by Gasteiger charge is 2.24. The smallest absolute Gasteiger partial charge is 0.0644 e. The molecule has 2 nitrogen and oxygen atoms in total. The van der Waals surface area contributed by atoms with Gasteiger partial charge in [-0.15, -0.1) is 6.58 Å². The molecule has 0 unspecified atom stereocenters. The zero-order chi connectivity index (χ0) is 16.3. The third-order valence-corrected chi connectivity index (χ3v) is 6.06. The van der Waals surface area contributed by atoms with Crippen LogP contribution in [0, 0.1) is 23.7 Å². The van der Waals surface area contributed by atoms with E-state index < -0.39 is 0 Å². The van der Waals surface area contributed by atoms with Gasteiger partial charge >= 0.3 is 0 Å². The minimum Gasteiger partial charge on any atom is -0.381 e. The summed E-state index contributed by atoms with van der Waals surface area (Å²) in [6.07, 6.45) is 16.1. The summed E-state index contributed by atoms with van der Waals surface area (Å²) >= 11 is 0. The van der Waals surface area contributed by atoms with Gasteiger partial charge in [0.25, 0.3) is 0 Å². The van der Waals surface area contributed by atoms with Crippen molar-refractivity contribution in [3.8, 4) is 0 Å². The third kappa shape index (κ3) is 7.39. The van der Waals surface area contributed by atoms with E-state index in [9.17, 15) is 0 Å². The van der Waals surface area contributed by atoms with Crippen LogP contribution in [0.25, 0.3) is 0 Å². The molecule has 2 aliphatic rings. The molecule has 0 bridgehead atoms. The molecule has 2 aliphatic carbocycles. The van der Waals surface area contributed by atoms with E-state index in [1.54, 1.807) is 0 Å². The van der Waals surface area contributed by atoms with Crippen molar-refractivity contribution in [2.45, 2.75) is 71.1 Å². The summed E-state index contributed by atoms with van der Waals surface area (Å²) in [5.74, 6) is 3.64. The summed E-state index contributed by atoms with van der Waals surface area (Å²) < 4.78 is 11.2. The van der Waals surface area contributed by atoms with Crippen molar-refractivity contribution in [3.63, 3.8) is 0 Å². The quantitative estimate of drug-likeness (QED) is 0.384. The summed E-state index contributed by atoms with van der Waals surface area (Å²) in [7, 11) is 0. The lowest BCUT2D eigenvalue weighted by molar-refractivity contribution is 0.0818. The molecule has 2 fully saturated rings. The second-order valence-corrected chi connectivity index (χ2v) is 7.84. The highest BCUT2D eigenvalue weighted by atomic mass is 16.5. The maximum Gasteiger partial charge on any atom is 0.0644 e. The fourth-order valence-electron chi connectivity index (χ4n) is 4.45. The summed E-state index contributed by atoms with van der Waals surface area (Å²) in [5.41, 5.74) is 0. The Hall–Kier alpha value is -0.340. The van der Waals surface area contributed by atoms with Crippen molar-refractivity contribution in [3.05, 3.63) is 12.7 Å². The SMILES string of the molecule is C=CCOCC1CCC(CC[C@H]2CC[C@H](COCC)CC2)CC1. The van der Waals surface area contributed by atoms with Gasteiger partial charge in [0.15, 0.2) is 0 Å².